The standard InChI is InChI=1S/C11H18N2.2C2H6/c1-6-11(7-9(2)3)10(4)13-8-12-5;2*1-2/h7-8H,2,4,6H2,1,3,5H3,(H,12,13);2*1-2H3/b11-7-;;. The molecule has 1 N–H and O–H groups in total. The largest absolute Gasteiger partial charge is 0.347 e. The highest BCUT2D eigenvalue weighted by molar-refractivity contribution is 5.59. The molecule has 0 radical (unpaired) electrons. The van der Waals surface area contributed by atoms with E-state index in [9.17, 15) is 0 Å². The second-order valence-corrected chi connectivity index (χ2v) is 2.88. The minimum Gasteiger partial charge on any atom is -0.347 e. The topological polar surface area (TPSA) is 24.4 Å². The Morgan fingerprint density at radius 1 is 1.18 bits per heavy atom. The first-order chi connectivity index (χ1) is 8.11. The zero-order valence-corrected chi connectivity index (χ0v) is 12.7. The van der Waals surface area contributed by atoms with Gasteiger partial charge in [0.25, 0.3) is 0 Å². The van der Waals surface area contributed by atoms with Gasteiger partial charge < -0.3 is 5.32 Å². The third-order valence-corrected chi connectivity index (χ3v) is 1.56. The first-order valence-electron chi connectivity index (χ1n) is 6.34. The molecule has 2 nitrogen and oxygen atoms in total. The second kappa shape index (κ2) is 17.1. The normalized spacial score (nSPS) is 9.71. The lowest BCUT2D eigenvalue weighted by Gasteiger charge is -2.07. The predicted molar refractivity (Wildman–Crippen MR) is 82.6 cm³/mol. The number of hydrogen-bond acceptors (Lipinski definition) is 1. The Bertz CT molecular complexity index is 248. The fourth-order valence-electron chi connectivity index (χ4n) is 0.935. The average Bonchev–Trinajstić information content (AvgIpc) is 2.37. The Morgan fingerprint density at radius 3 is 1.94 bits per heavy atom. The van der Waals surface area contributed by atoms with Crippen LogP contribution in [0, 0.1) is 0 Å². The number of nitrogens with one attached hydrogen (secondary N) is 1. The van der Waals surface area contributed by atoms with E-state index in [-0.39, 0.29) is 0 Å². The molecule has 0 aromatic carbocycles. The summed E-state index contributed by atoms with van der Waals surface area (Å²) in [7, 11) is 1.72. The van der Waals surface area contributed by atoms with Crippen molar-refractivity contribution in [2.75, 3.05) is 7.05 Å². The maximum atomic E-state index is 3.90. The summed E-state index contributed by atoms with van der Waals surface area (Å²) in [5, 5.41) is 2.99. The third-order valence-electron chi connectivity index (χ3n) is 1.56. The number of allylic oxidation sites excluding steroid dienone is 3. The molecule has 0 heterocycles. The Balaban J connectivity index is -0.000000439. The molecule has 2 heteroatoms. The summed E-state index contributed by atoms with van der Waals surface area (Å²) >= 11 is 0. The monoisotopic (exact) mass is 238 g/mol. The van der Waals surface area contributed by atoms with Crippen LogP contribution < -0.4 is 5.32 Å². The van der Waals surface area contributed by atoms with Crippen molar-refractivity contribution in [1.82, 2.24) is 5.32 Å². The van der Waals surface area contributed by atoms with Gasteiger partial charge in [0.2, 0.25) is 0 Å². The molecular weight excluding hydrogens is 208 g/mol. The Hall–Kier alpha value is -1.31. The molecule has 0 aliphatic rings. The Labute approximate surface area is 108 Å². The van der Waals surface area contributed by atoms with Crippen LogP contribution in [0.3, 0.4) is 0 Å². The summed E-state index contributed by atoms with van der Waals surface area (Å²) in [5.41, 5.74) is 3.08. The highest BCUT2D eigenvalue weighted by atomic mass is 14.9. The molecule has 0 aromatic rings. The van der Waals surface area contributed by atoms with Crippen LogP contribution in [0.5, 0.6) is 0 Å². The first-order valence-corrected chi connectivity index (χ1v) is 6.34. The van der Waals surface area contributed by atoms with E-state index in [0.717, 1.165) is 23.3 Å². The van der Waals surface area contributed by atoms with Crippen molar-refractivity contribution in [2.45, 2.75) is 48.0 Å². The Kier molecular flexibility index (Phi) is 21.1. The van der Waals surface area contributed by atoms with Crippen LogP contribution in [-0.2, 0) is 0 Å². The smallest absolute Gasteiger partial charge is 0.0864 e. The molecule has 100 valence electrons. The highest BCUT2D eigenvalue weighted by Gasteiger charge is 1.97. The van der Waals surface area contributed by atoms with E-state index in [1.165, 1.54) is 0 Å². The molecule has 0 bridgehead atoms. The molecule has 0 saturated carbocycles. The van der Waals surface area contributed by atoms with Gasteiger partial charge in [-0.25, -0.2) is 0 Å². The van der Waals surface area contributed by atoms with Crippen LogP contribution in [-0.4, -0.2) is 13.4 Å². The number of aliphatic imine (C=N–C) groups is 1. The van der Waals surface area contributed by atoms with Gasteiger partial charge in [-0.15, -0.1) is 0 Å². The molecule has 0 saturated heterocycles. The van der Waals surface area contributed by atoms with Gasteiger partial charge in [0.15, 0.2) is 0 Å². The van der Waals surface area contributed by atoms with Crippen molar-refractivity contribution in [3.05, 3.63) is 36.1 Å². The number of rotatable bonds is 5. The van der Waals surface area contributed by atoms with Gasteiger partial charge in [-0.1, -0.05) is 59.4 Å². The maximum Gasteiger partial charge on any atom is 0.0864 e. The van der Waals surface area contributed by atoms with Crippen molar-refractivity contribution in [3.8, 4) is 0 Å². The predicted octanol–water partition coefficient (Wildman–Crippen LogP) is 4.71. The lowest BCUT2D eigenvalue weighted by atomic mass is 10.1. The van der Waals surface area contributed by atoms with Crippen molar-refractivity contribution in [1.29, 1.82) is 0 Å². The number of hydrogen-bond donors (Lipinski definition) is 1. The van der Waals surface area contributed by atoms with Gasteiger partial charge in [-0.3, -0.25) is 4.99 Å². The lowest BCUT2D eigenvalue weighted by molar-refractivity contribution is 1.04. The van der Waals surface area contributed by atoms with E-state index < -0.39 is 0 Å². The minimum atomic E-state index is 0.885. The lowest BCUT2D eigenvalue weighted by Crippen LogP contribution is -2.11. The van der Waals surface area contributed by atoms with Gasteiger partial charge in [0, 0.05) is 12.7 Å². The third kappa shape index (κ3) is 14.7. The van der Waals surface area contributed by atoms with Gasteiger partial charge in [-0.05, 0) is 18.9 Å². The summed E-state index contributed by atoms with van der Waals surface area (Å²) in [6.07, 6.45) is 4.60. The van der Waals surface area contributed by atoms with E-state index >= 15 is 0 Å². The maximum absolute atomic E-state index is 3.90. The van der Waals surface area contributed by atoms with Crippen molar-refractivity contribution >= 4 is 6.34 Å². The fourth-order valence-corrected chi connectivity index (χ4v) is 0.935. The average molecular weight is 238 g/mol. The summed E-state index contributed by atoms with van der Waals surface area (Å²) in [4.78, 5) is 3.82. The fraction of sp³-hybridized carbons (Fsp3) is 0.533. The van der Waals surface area contributed by atoms with E-state index in [0.29, 0.717) is 0 Å². The van der Waals surface area contributed by atoms with Crippen LogP contribution in [0.15, 0.2) is 41.1 Å². The van der Waals surface area contributed by atoms with E-state index in [1.807, 2.05) is 40.7 Å². The molecule has 0 aliphatic heterocycles. The molecular formula is C15H30N2. The van der Waals surface area contributed by atoms with Crippen LogP contribution in [0.2, 0.25) is 0 Å². The van der Waals surface area contributed by atoms with Crippen molar-refractivity contribution in [3.63, 3.8) is 0 Å². The molecule has 0 unspecified atom stereocenters. The summed E-state index contributed by atoms with van der Waals surface area (Å²) in [6.45, 7) is 19.8. The van der Waals surface area contributed by atoms with Crippen LogP contribution in [0.4, 0.5) is 0 Å². The molecule has 0 spiro atoms. The van der Waals surface area contributed by atoms with Crippen LogP contribution >= 0.6 is 0 Å². The van der Waals surface area contributed by atoms with E-state index in [4.69, 9.17) is 0 Å². The Morgan fingerprint density at radius 2 is 1.65 bits per heavy atom. The van der Waals surface area contributed by atoms with E-state index in [2.05, 4.69) is 30.4 Å². The van der Waals surface area contributed by atoms with Gasteiger partial charge in [-0.2, -0.15) is 0 Å². The molecule has 0 aliphatic carbocycles. The SMILES string of the molecule is C=C(C)/C=C(/CC)C(=C)NC=NC.CC.CC. The van der Waals surface area contributed by atoms with Crippen LogP contribution in [0.1, 0.15) is 48.0 Å². The molecule has 17 heavy (non-hydrogen) atoms. The van der Waals surface area contributed by atoms with Gasteiger partial charge in [0.1, 0.15) is 0 Å². The molecule has 0 rings (SSSR count). The number of nitrogens with zero attached hydrogens (tertiary/aromatic N) is 1. The summed E-state index contributed by atoms with van der Waals surface area (Å²) in [6, 6.07) is 0. The quantitative estimate of drug-likeness (QED) is 0.418. The zero-order valence-electron chi connectivity index (χ0n) is 12.7. The van der Waals surface area contributed by atoms with E-state index in [1.54, 1.807) is 13.4 Å². The highest BCUT2D eigenvalue weighted by Crippen LogP contribution is 2.11. The summed E-state index contributed by atoms with van der Waals surface area (Å²) in [5.74, 6) is 0. The minimum absolute atomic E-state index is 0.885. The first kappa shape index (κ1) is 21.0. The molecule has 0 fully saturated rings. The molecule has 0 amide bonds. The zero-order chi connectivity index (χ0) is 14.3. The second-order valence-electron chi connectivity index (χ2n) is 2.88. The van der Waals surface area contributed by atoms with Gasteiger partial charge >= 0.3 is 0 Å². The van der Waals surface area contributed by atoms with Gasteiger partial charge in [0.05, 0.1) is 6.34 Å². The summed E-state index contributed by atoms with van der Waals surface area (Å²) < 4.78 is 0. The molecule has 0 atom stereocenters. The molecule has 0 aromatic heterocycles. The van der Waals surface area contributed by atoms with Crippen molar-refractivity contribution < 1.29 is 0 Å². The van der Waals surface area contributed by atoms with Crippen LogP contribution in [0.25, 0.3) is 0 Å². The van der Waals surface area contributed by atoms with Crippen molar-refractivity contribution in [2.24, 2.45) is 4.99 Å².